The summed E-state index contributed by atoms with van der Waals surface area (Å²) < 4.78 is 11.5. The molecular formula is C35H35Cl2N5O3. The summed E-state index contributed by atoms with van der Waals surface area (Å²) in [6.07, 6.45) is 2.73. The van der Waals surface area contributed by atoms with Crippen LogP contribution < -0.4 is 15.4 Å². The van der Waals surface area contributed by atoms with Gasteiger partial charge in [-0.15, -0.1) is 0 Å². The minimum Gasteiger partial charge on any atom is -0.484 e. The van der Waals surface area contributed by atoms with Crippen molar-refractivity contribution >= 4 is 34.7 Å². The second kappa shape index (κ2) is 12.6. The number of nitrogens with zero attached hydrogens (tertiary/aromatic N) is 3. The first-order valence-electron chi connectivity index (χ1n) is 15.4. The van der Waals surface area contributed by atoms with Crippen LogP contribution in [0.3, 0.4) is 0 Å². The lowest BCUT2D eigenvalue weighted by Gasteiger charge is -2.41. The maximum absolute atomic E-state index is 14.4. The van der Waals surface area contributed by atoms with Gasteiger partial charge in [-0.3, -0.25) is 4.79 Å². The molecule has 4 aromatic rings. The fraction of sp³-hybridized carbons (Fsp3) is 0.343. The van der Waals surface area contributed by atoms with Gasteiger partial charge in [-0.2, -0.15) is 4.98 Å². The van der Waals surface area contributed by atoms with Crippen LogP contribution in [0.4, 0.5) is 0 Å². The molecule has 7 rings (SSSR count). The Balaban J connectivity index is 1.12. The number of amides is 1. The van der Waals surface area contributed by atoms with Gasteiger partial charge in [0.15, 0.2) is 6.61 Å². The third kappa shape index (κ3) is 6.25. The number of aryl methyl sites for hydroxylation is 2. The summed E-state index contributed by atoms with van der Waals surface area (Å²) in [7, 11) is 0. The largest absolute Gasteiger partial charge is 0.484 e. The van der Waals surface area contributed by atoms with Crippen LogP contribution in [0.5, 0.6) is 5.75 Å². The van der Waals surface area contributed by atoms with Crippen molar-refractivity contribution in [2.24, 2.45) is 0 Å². The minimum absolute atomic E-state index is 0.0552. The highest BCUT2D eigenvalue weighted by molar-refractivity contribution is 6.42. The SMILES string of the molecule is Cc1cccc(C)c1-c1noc(COc2ccc(C3=C(C(=O)N(Cc4cccc(Cl)c4Cl)C4CC4)[C@H]4CNC[C@@H](C3)N4)cc2)n1. The molecule has 232 valence electrons. The van der Waals surface area contributed by atoms with Gasteiger partial charge in [-0.25, -0.2) is 0 Å². The number of nitrogens with one attached hydrogen (secondary N) is 2. The fourth-order valence-corrected chi connectivity index (χ4v) is 6.86. The number of hydrogen-bond donors (Lipinski definition) is 2. The zero-order valence-electron chi connectivity index (χ0n) is 25.3. The minimum atomic E-state index is -0.0735. The molecule has 2 bridgehead atoms. The van der Waals surface area contributed by atoms with E-state index < -0.39 is 0 Å². The topological polar surface area (TPSA) is 92.5 Å². The Hall–Kier alpha value is -3.69. The predicted molar refractivity (Wildman–Crippen MR) is 175 cm³/mol. The zero-order valence-corrected chi connectivity index (χ0v) is 26.8. The predicted octanol–water partition coefficient (Wildman–Crippen LogP) is 6.52. The van der Waals surface area contributed by atoms with Crippen molar-refractivity contribution in [2.45, 2.75) is 64.4 Å². The Morgan fingerprint density at radius 2 is 1.78 bits per heavy atom. The molecule has 1 aromatic heterocycles. The number of halogens is 2. The standard InChI is InChI=1S/C35H35Cl2N5O3/c1-20-5-3-6-21(2)31(20)34-40-30(45-41-34)19-44-26-13-9-22(10-14-26)27-15-24-16-38-17-29(39-24)32(27)35(43)42(25-11-12-25)18-23-7-4-8-28(36)33(23)37/h3-10,13-14,24-25,29,38-39H,11-12,15-19H2,1-2H3/t24-,29-/m1/s1. The van der Waals surface area contributed by atoms with Gasteiger partial charge in [0, 0.05) is 42.9 Å². The number of ether oxygens (including phenoxy) is 1. The van der Waals surface area contributed by atoms with Gasteiger partial charge < -0.3 is 24.8 Å². The van der Waals surface area contributed by atoms with Gasteiger partial charge in [-0.05, 0) is 79.1 Å². The van der Waals surface area contributed by atoms with Gasteiger partial charge in [0.25, 0.3) is 11.8 Å². The molecule has 10 heteroatoms. The lowest BCUT2D eigenvalue weighted by atomic mass is 9.83. The average molecular weight is 645 g/mol. The maximum Gasteiger partial charge on any atom is 0.264 e. The van der Waals surface area contributed by atoms with E-state index in [1.807, 2.05) is 73.3 Å². The van der Waals surface area contributed by atoms with Crippen molar-refractivity contribution in [3.05, 3.63) is 104 Å². The second-order valence-corrected chi connectivity index (χ2v) is 12.9. The molecule has 1 saturated heterocycles. The molecule has 1 saturated carbocycles. The maximum atomic E-state index is 14.4. The molecule has 1 amide bonds. The fourth-order valence-electron chi connectivity index (χ4n) is 6.48. The Bertz CT molecular complexity index is 1750. The summed E-state index contributed by atoms with van der Waals surface area (Å²) in [5.74, 6) is 1.71. The summed E-state index contributed by atoms with van der Waals surface area (Å²) >= 11 is 12.9. The monoisotopic (exact) mass is 643 g/mol. The lowest BCUT2D eigenvalue weighted by molar-refractivity contribution is -0.128. The quantitative estimate of drug-likeness (QED) is 0.215. The lowest BCUT2D eigenvalue weighted by Crippen LogP contribution is -2.60. The highest BCUT2D eigenvalue weighted by Crippen LogP contribution is 2.38. The Labute approximate surface area is 272 Å². The molecule has 0 spiro atoms. The third-order valence-corrected chi connectivity index (χ3v) is 9.75. The molecule has 2 N–H and O–H groups in total. The van der Waals surface area contributed by atoms with Crippen LogP contribution in [0.2, 0.25) is 10.0 Å². The Morgan fingerprint density at radius 1 is 1.02 bits per heavy atom. The summed E-state index contributed by atoms with van der Waals surface area (Å²) in [6, 6.07) is 20.0. The molecule has 0 radical (unpaired) electrons. The molecule has 2 aliphatic heterocycles. The Kier molecular flexibility index (Phi) is 8.40. The molecule has 1 aliphatic carbocycles. The molecule has 2 fully saturated rings. The van der Waals surface area contributed by atoms with Gasteiger partial charge in [0.1, 0.15) is 5.75 Å². The second-order valence-electron chi connectivity index (χ2n) is 12.1. The number of hydrogen-bond acceptors (Lipinski definition) is 7. The number of aromatic nitrogens is 2. The van der Waals surface area contributed by atoms with E-state index in [0.29, 0.717) is 40.6 Å². The number of carbonyl (C=O) groups excluding carboxylic acids is 1. The van der Waals surface area contributed by atoms with Crippen molar-refractivity contribution in [3.63, 3.8) is 0 Å². The van der Waals surface area contributed by atoms with E-state index in [1.54, 1.807) is 6.07 Å². The smallest absolute Gasteiger partial charge is 0.264 e. The van der Waals surface area contributed by atoms with Crippen LogP contribution in [-0.2, 0) is 17.9 Å². The van der Waals surface area contributed by atoms with E-state index in [1.165, 1.54) is 0 Å². The van der Waals surface area contributed by atoms with E-state index in [2.05, 4.69) is 20.8 Å². The zero-order chi connectivity index (χ0) is 31.1. The van der Waals surface area contributed by atoms with E-state index >= 15 is 0 Å². The number of carbonyl (C=O) groups is 1. The first-order chi connectivity index (χ1) is 21.9. The Morgan fingerprint density at radius 3 is 2.53 bits per heavy atom. The summed E-state index contributed by atoms with van der Waals surface area (Å²) in [5.41, 5.74) is 6.96. The van der Waals surface area contributed by atoms with Crippen LogP contribution in [0.15, 0.2) is 70.8 Å². The molecule has 45 heavy (non-hydrogen) atoms. The van der Waals surface area contributed by atoms with E-state index in [0.717, 1.165) is 64.8 Å². The molecule has 3 heterocycles. The van der Waals surface area contributed by atoms with Crippen molar-refractivity contribution in [1.82, 2.24) is 25.7 Å². The first-order valence-corrected chi connectivity index (χ1v) is 16.2. The van der Waals surface area contributed by atoms with Crippen molar-refractivity contribution in [1.29, 1.82) is 0 Å². The first kappa shape index (κ1) is 30.0. The summed E-state index contributed by atoms with van der Waals surface area (Å²) in [5, 5.41) is 12.4. The van der Waals surface area contributed by atoms with Crippen LogP contribution >= 0.6 is 23.2 Å². The molecule has 3 aromatic carbocycles. The highest BCUT2D eigenvalue weighted by Gasteiger charge is 2.41. The molecule has 3 aliphatic rings. The van der Waals surface area contributed by atoms with Crippen LogP contribution in [-0.4, -0.2) is 52.2 Å². The van der Waals surface area contributed by atoms with Crippen LogP contribution in [0.1, 0.15) is 47.4 Å². The van der Waals surface area contributed by atoms with Gasteiger partial charge in [0.05, 0.1) is 16.1 Å². The molecular weight excluding hydrogens is 609 g/mol. The summed E-state index contributed by atoms with van der Waals surface area (Å²) in [6.45, 7) is 6.22. The van der Waals surface area contributed by atoms with Gasteiger partial charge >= 0.3 is 0 Å². The van der Waals surface area contributed by atoms with Crippen molar-refractivity contribution in [3.8, 4) is 17.1 Å². The molecule has 2 atom stereocenters. The van der Waals surface area contributed by atoms with Gasteiger partial charge in [-0.1, -0.05) is 70.8 Å². The van der Waals surface area contributed by atoms with Crippen molar-refractivity contribution in [2.75, 3.05) is 13.1 Å². The van der Waals surface area contributed by atoms with E-state index in [4.69, 9.17) is 32.5 Å². The van der Waals surface area contributed by atoms with E-state index in [-0.39, 0.29) is 30.6 Å². The summed E-state index contributed by atoms with van der Waals surface area (Å²) in [4.78, 5) is 21.0. The number of rotatable bonds is 9. The van der Waals surface area contributed by atoms with Gasteiger partial charge in [0.2, 0.25) is 5.82 Å². The number of benzene rings is 3. The average Bonchev–Trinajstić information content (AvgIpc) is 3.78. The molecule has 0 unspecified atom stereocenters. The number of fused-ring (bicyclic) bond motifs is 2. The third-order valence-electron chi connectivity index (χ3n) is 8.89. The highest BCUT2D eigenvalue weighted by atomic mass is 35.5. The normalized spacial score (nSPS) is 19.5. The van der Waals surface area contributed by atoms with Crippen molar-refractivity contribution < 1.29 is 14.1 Å². The molecule has 8 nitrogen and oxygen atoms in total. The number of piperazine rings is 1. The van der Waals surface area contributed by atoms with E-state index in [9.17, 15) is 4.79 Å². The van der Waals surface area contributed by atoms with Crippen LogP contribution in [0, 0.1) is 13.8 Å². The van der Waals surface area contributed by atoms with Crippen LogP contribution in [0.25, 0.3) is 17.0 Å².